The van der Waals surface area contributed by atoms with Crippen LogP contribution in [0.2, 0.25) is 0 Å². The van der Waals surface area contributed by atoms with Crippen LogP contribution in [0.1, 0.15) is 39.5 Å². The Bertz CT molecular complexity index is 274. The highest BCUT2D eigenvalue weighted by molar-refractivity contribution is 7.99. The SMILES string of the molecule is CC(C)SCC(NC1CC1)(C(=O)O)C1CC1. The smallest absolute Gasteiger partial charge is 0.325 e. The van der Waals surface area contributed by atoms with Gasteiger partial charge in [0.2, 0.25) is 0 Å². The minimum atomic E-state index is -0.643. The molecule has 0 aromatic heterocycles. The van der Waals surface area contributed by atoms with E-state index in [0.717, 1.165) is 25.7 Å². The number of thioether (sulfide) groups is 1. The highest BCUT2D eigenvalue weighted by Gasteiger charge is 2.53. The van der Waals surface area contributed by atoms with E-state index in [2.05, 4.69) is 19.2 Å². The summed E-state index contributed by atoms with van der Waals surface area (Å²) in [6, 6.07) is 0.462. The zero-order valence-electron chi connectivity index (χ0n) is 10.0. The molecular formula is C12H21NO2S. The van der Waals surface area contributed by atoms with Crippen molar-refractivity contribution >= 4 is 17.7 Å². The van der Waals surface area contributed by atoms with Gasteiger partial charge in [0.25, 0.3) is 0 Å². The molecule has 0 amide bonds. The Labute approximate surface area is 101 Å². The molecule has 2 fully saturated rings. The van der Waals surface area contributed by atoms with Gasteiger partial charge in [-0.3, -0.25) is 10.1 Å². The van der Waals surface area contributed by atoms with E-state index in [9.17, 15) is 9.90 Å². The van der Waals surface area contributed by atoms with Crippen molar-refractivity contribution < 1.29 is 9.90 Å². The van der Waals surface area contributed by atoms with Crippen LogP contribution < -0.4 is 5.32 Å². The largest absolute Gasteiger partial charge is 0.480 e. The molecule has 16 heavy (non-hydrogen) atoms. The first-order valence-electron chi connectivity index (χ1n) is 6.17. The highest BCUT2D eigenvalue weighted by atomic mass is 32.2. The minimum absolute atomic E-state index is 0.358. The van der Waals surface area contributed by atoms with Crippen LogP contribution in [0.5, 0.6) is 0 Å². The Morgan fingerprint density at radius 1 is 1.44 bits per heavy atom. The number of aliphatic carboxylic acids is 1. The number of nitrogens with one attached hydrogen (secondary N) is 1. The maximum Gasteiger partial charge on any atom is 0.325 e. The number of hydrogen-bond donors (Lipinski definition) is 2. The van der Waals surface area contributed by atoms with Crippen molar-refractivity contribution in [1.29, 1.82) is 0 Å². The molecule has 0 heterocycles. The summed E-state index contributed by atoms with van der Waals surface area (Å²) in [7, 11) is 0. The lowest BCUT2D eigenvalue weighted by Crippen LogP contribution is -2.57. The Kier molecular flexibility index (Phi) is 3.50. The van der Waals surface area contributed by atoms with Crippen LogP contribution in [0.3, 0.4) is 0 Å². The van der Waals surface area contributed by atoms with Gasteiger partial charge < -0.3 is 5.11 Å². The van der Waals surface area contributed by atoms with Crippen molar-refractivity contribution in [3.63, 3.8) is 0 Å². The van der Waals surface area contributed by atoms with Crippen molar-refractivity contribution in [2.45, 2.75) is 56.4 Å². The maximum atomic E-state index is 11.6. The summed E-state index contributed by atoms with van der Waals surface area (Å²) in [5.41, 5.74) is -0.643. The van der Waals surface area contributed by atoms with Crippen LogP contribution in [-0.4, -0.2) is 33.7 Å². The zero-order valence-corrected chi connectivity index (χ0v) is 10.8. The van der Waals surface area contributed by atoms with Gasteiger partial charge in [-0.1, -0.05) is 13.8 Å². The second-order valence-corrected chi connectivity index (χ2v) is 6.89. The standard InChI is InChI=1S/C12H21NO2S/c1-8(2)16-7-12(11(14)15,9-3-4-9)13-10-5-6-10/h8-10,13H,3-7H2,1-2H3,(H,14,15). The van der Waals surface area contributed by atoms with Gasteiger partial charge in [-0.25, -0.2) is 0 Å². The molecule has 1 unspecified atom stereocenters. The van der Waals surface area contributed by atoms with Crippen LogP contribution >= 0.6 is 11.8 Å². The molecule has 4 heteroatoms. The van der Waals surface area contributed by atoms with E-state index in [4.69, 9.17) is 0 Å². The van der Waals surface area contributed by atoms with Gasteiger partial charge >= 0.3 is 5.97 Å². The molecule has 2 aliphatic carbocycles. The van der Waals surface area contributed by atoms with Crippen molar-refractivity contribution in [1.82, 2.24) is 5.32 Å². The molecule has 2 aliphatic rings. The van der Waals surface area contributed by atoms with Gasteiger partial charge in [0, 0.05) is 11.8 Å². The van der Waals surface area contributed by atoms with Crippen LogP contribution in [-0.2, 0) is 4.79 Å². The molecule has 2 N–H and O–H groups in total. The molecule has 0 bridgehead atoms. The van der Waals surface area contributed by atoms with E-state index in [-0.39, 0.29) is 0 Å². The summed E-state index contributed by atoms with van der Waals surface area (Å²) in [5, 5.41) is 13.4. The first kappa shape index (κ1) is 12.2. The monoisotopic (exact) mass is 243 g/mol. The molecule has 2 rings (SSSR count). The van der Waals surface area contributed by atoms with Crippen molar-refractivity contribution in [3.05, 3.63) is 0 Å². The molecular weight excluding hydrogens is 222 g/mol. The number of hydrogen-bond acceptors (Lipinski definition) is 3. The first-order chi connectivity index (χ1) is 7.54. The number of carboxylic acid groups (broad SMARTS) is 1. The Morgan fingerprint density at radius 2 is 2.06 bits per heavy atom. The van der Waals surface area contributed by atoms with Crippen LogP contribution in [0.25, 0.3) is 0 Å². The van der Waals surface area contributed by atoms with Gasteiger partial charge in [-0.05, 0) is 36.9 Å². The second kappa shape index (κ2) is 4.57. The normalized spacial score (nSPS) is 24.4. The van der Waals surface area contributed by atoms with Gasteiger partial charge in [0.1, 0.15) is 5.54 Å². The van der Waals surface area contributed by atoms with Crippen molar-refractivity contribution in [2.24, 2.45) is 5.92 Å². The fourth-order valence-electron chi connectivity index (χ4n) is 2.04. The average Bonchev–Trinajstić information content (AvgIpc) is 3.02. The molecule has 0 radical (unpaired) electrons. The summed E-state index contributed by atoms with van der Waals surface area (Å²) in [4.78, 5) is 11.6. The van der Waals surface area contributed by atoms with E-state index >= 15 is 0 Å². The molecule has 1 atom stereocenters. The molecule has 0 saturated heterocycles. The van der Waals surface area contributed by atoms with E-state index in [0.29, 0.717) is 23.0 Å². The minimum Gasteiger partial charge on any atom is -0.480 e. The summed E-state index contributed by atoms with van der Waals surface area (Å²) in [6.45, 7) is 4.25. The Hall–Kier alpha value is -0.220. The van der Waals surface area contributed by atoms with Crippen LogP contribution in [0.15, 0.2) is 0 Å². The van der Waals surface area contributed by atoms with Gasteiger partial charge in [0.15, 0.2) is 0 Å². The first-order valence-corrected chi connectivity index (χ1v) is 7.22. The summed E-state index contributed by atoms with van der Waals surface area (Å²) < 4.78 is 0. The van der Waals surface area contributed by atoms with Crippen molar-refractivity contribution in [2.75, 3.05) is 5.75 Å². The third-order valence-corrected chi connectivity index (χ3v) is 4.63. The summed E-state index contributed by atoms with van der Waals surface area (Å²) in [5.74, 6) is 0.424. The van der Waals surface area contributed by atoms with Gasteiger partial charge in [0.05, 0.1) is 0 Å². The quantitative estimate of drug-likeness (QED) is 0.719. The predicted octanol–water partition coefficient (Wildman–Crippen LogP) is 2.11. The lowest BCUT2D eigenvalue weighted by Gasteiger charge is -2.31. The molecule has 3 nitrogen and oxygen atoms in total. The van der Waals surface area contributed by atoms with Gasteiger partial charge in [-0.15, -0.1) is 0 Å². The number of rotatable bonds is 7. The maximum absolute atomic E-state index is 11.6. The van der Waals surface area contributed by atoms with Crippen LogP contribution in [0.4, 0.5) is 0 Å². The van der Waals surface area contributed by atoms with E-state index in [1.165, 1.54) is 0 Å². The third-order valence-electron chi connectivity index (χ3n) is 3.34. The molecule has 2 saturated carbocycles. The lowest BCUT2D eigenvalue weighted by molar-refractivity contribution is -0.145. The van der Waals surface area contributed by atoms with E-state index in [1.54, 1.807) is 11.8 Å². The Morgan fingerprint density at radius 3 is 2.44 bits per heavy atom. The number of carbonyl (C=O) groups is 1. The fourth-order valence-corrected chi connectivity index (χ4v) is 3.08. The molecule has 92 valence electrons. The fraction of sp³-hybridized carbons (Fsp3) is 0.917. The van der Waals surface area contributed by atoms with Crippen LogP contribution in [0, 0.1) is 5.92 Å². The topological polar surface area (TPSA) is 49.3 Å². The predicted molar refractivity (Wildman–Crippen MR) is 66.8 cm³/mol. The summed E-state index contributed by atoms with van der Waals surface area (Å²) >= 11 is 1.76. The molecule has 0 aliphatic heterocycles. The highest BCUT2D eigenvalue weighted by Crippen LogP contribution is 2.43. The van der Waals surface area contributed by atoms with E-state index < -0.39 is 11.5 Å². The second-order valence-electron chi connectivity index (χ2n) is 5.33. The summed E-state index contributed by atoms with van der Waals surface area (Å²) in [6.07, 6.45) is 4.44. The zero-order chi connectivity index (χ0) is 11.8. The van der Waals surface area contributed by atoms with Crippen molar-refractivity contribution in [3.8, 4) is 0 Å². The Balaban J connectivity index is 2.03. The van der Waals surface area contributed by atoms with Gasteiger partial charge in [-0.2, -0.15) is 11.8 Å². The third kappa shape index (κ3) is 2.72. The lowest BCUT2D eigenvalue weighted by atomic mass is 9.95. The molecule has 0 aromatic carbocycles. The number of carboxylic acids is 1. The molecule has 0 spiro atoms. The molecule has 0 aromatic rings. The average molecular weight is 243 g/mol. The van der Waals surface area contributed by atoms with E-state index in [1.807, 2.05) is 0 Å².